The van der Waals surface area contributed by atoms with Gasteiger partial charge in [0.15, 0.2) is 0 Å². The molecule has 0 aliphatic heterocycles. The number of hydrogen-bond acceptors (Lipinski definition) is 4. The van der Waals surface area contributed by atoms with Crippen LogP contribution in [0.1, 0.15) is 79.1 Å². The van der Waals surface area contributed by atoms with Gasteiger partial charge in [-0.2, -0.15) is 0 Å². The predicted octanol–water partition coefficient (Wildman–Crippen LogP) is 4.26. The molecule has 1 atom stereocenters. The molecule has 0 fully saturated rings. The fourth-order valence-corrected chi connectivity index (χ4v) is 2.14. The maximum Gasteiger partial charge on any atom is 0.306 e. The largest absolute Gasteiger partial charge is 0.466 e. The Bertz CT molecular complexity index is 287. The first-order valence-electron chi connectivity index (χ1n) is 8.30. The van der Waals surface area contributed by atoms with Crippen molar-refractivity contribution < 1.29 is 19.1 Å². The van der Waals surface area contributed by atoms with Crippen molar-refractivity contribution in [3.63, 3.8) is 0 Å². The predicted molar refractivity (Wildman–Crippen MR) is 84.0 cm³/mol. The number of rotatable bonds is 12. The molecule has 0 N–H and O–H groups in total. The van der Waals surface area contributed by atoms with Crippen molar-refractivity contribution in [2.24, 2.45) is 5.92 Å². The summed E-state index contributed by atoms with van der Waals surface area (Å²) in [5.74, 6) is 0.197. The Morgan fingerprint density at radius 1 is 0.905 bits per heavy atom. The molecule has 0 aromatic carbocycles. The summed E-state index contributed by atoms with van der Waals surface area (Å²) in [7, 11) is 0. The molecule has 0 saturated carbocycles. The Balaban J connectivity index is 3.52. The van der Waals surface area contributed by atoms with Crippen molar-refractivity contribution in [3.8, 4) is 0 Å². The summed E-state index contributed by atoms with van der Waals surface area (Å²) in [5.41, 5.74) is 0. The molecule has 0 saturated heterocycles. The van der Waals surface area contributed by atoms with Gasteiger partial charge in [0, 0.05) is 12.8 Å². The van der Waals surface area contributed by atoms with Gasteiger partial charge in [0.2, 0.25) is 0 Å². The average Bonchev–Trinajstić information content (AvgIpc) is 2.38. The molecule has 4 nitrogen and oxygen atoms in total. The van der Waals surface area contributed by atoms with E-state index in [4.69, 9.17) is 9.47 Å². The van der Waals surface area contributed by atoms with Gasteiger partial charge in [-0.1, -0.05) is 33.6 Å². The van der Waals surface area contributed by atoms with Gasteiger partial charge in [0.05, 0.1) is 12.7 Å². The van der Waals surface area contributed by atoms with Crippen molar-refractivity contribution in [2.45, 2.75) is 85.2 Å². The van der Waals surface area contributed by atoms with E-state index in [1.807, 2.05) is 6.92 Å². The first kappa shape index (κ1) is 19.9. The highest BCUT2D eigenvalue weighted by molar-refractivity contribution is 5.70. The van der Waals surface area contributed by atoms with E-state index in [1.54, 1.807) is 0 Å². The zero-order valence-corrected chi connectivity index (χ0v) is 14.2. The topological polar surface area (TPSA) is 52.6 Å². The molecule has 21 heavy (non-hydrogen) atoms. The second-order valence-electron chi connectivity index (χ2n) is 6.06. The van der Waals surface area contributed by atoms with Crippen LogP contribution in [0.25, 0.3) is 0 Å². The van der Waals surface area contributed by atoms with Crippen LogP contribution in [-0.4, -0.2) is 24.6 Å². The van der Waals surface area contributed by atoms with Gasteiger partial charge >= 0.3 is 11.9 Å². The van der Waals surface area contributed by atoms with Crippen LogP contribution in [0.2, 0.25) is 0 Å². The molecule has 0 heterocycles. The highest BCUT2D eigenvalue weighted by atomic mass is 16.5. The molecular weight excluding hydrogens is 268 g/mol. The summed E-state index contributed by atoms with van der Waals surface area (Å²) in [4.78, 5) is 23.0. The molecule has 0 aromatic heterocycles. The molecule has 1 unspecified atom stereocenters. The highest BCUT2D eigenvalue weighted by Gasteiger charge is 2.11. The first-order chi connectivity index (χ1) is 9.95. The molecule has 124 valence electrons. The quantitative estimate of drug-likeness (QED) is 0.399. The van der Waals surface area contributed by atoms with E-state index in [0.29, 0.717) is 38.2 Å². The van der Waals surface area contributed by atoms with Crippen molar-refractivity contribution in [1.29, 1.82) is 0 Å². The van der Waals surface area contributed by atoms with Crippen molar-refractivity contribution >= 4 is 11.9 Å². The minimum absolute atomic E-state index is 0.0268. The van der Waals surface area contributed by atoms with Crippen molar-refractivity contribution in [3.05, 3.63) is 0 Å². The molecular formula is C17H32O4. The van der Waals surface area contributed by atoms with Gasteiger partial charge in [-0.3, -0.25) is 9.59 Å². The fourth-order valence-electron chi connectivity index (χ4n) is 2.14. The van der Waals surface area contributed by atoms with E-state index in [-0.39, 0.29) is 18.0 Å². The van der Waals surface area contributed by atoms with E-state index in [9.17, 15) is 9.59 Å². The summed E-state index contributed by atoms with van der Waals surface area (Å²) >= 11 is 0. The lowest BCUT2D eigenvalue weighted by atomic mass is 10.1. The zero-order valence-electron chi connectivity index (χ0n) is 14.2. The number of carbonyl (C=O) groups excluding carboxylic acids is 2. The van der Waals surface area contributed by atoms with Gasteiger partial charge in [0.25, 0.3) is 0 Å². The lowest BCUT2D eigenvalue weighted by molar-refractivity contribution is -0.149. The summed E-state index contributed by atoms with van der Waals surface area (Å²) in [6, 6.07) is 0. The monoisotopic (exact) mass is 300 g/mol. The maximum atomic E-state index is 11.6. The van der Waals surface area contributed by atoms with Crippen molar-refractivity contribution in [1.82, 2.24) is 0 Å². The Morgan fingerprint density at radius 2 is 1.52 bits per heavy atom. The summed E-state index contributed by atoms with van der Waals surface area (Å²) in [6.45, 7) is 8.77. The molecule has 0 bridgehead atoms. The van der Waals surface area contributed by atoms with Crippen molar-refractivity contribution in [2.75, 3.05) is 6.61 Å². The molecule has 0 aliphatic rings. The van der Waals surface area contributed by atoms with Gasteiger partial charge < -0.3 is 9.47 Å². The van der Waals surface area contributed by atoms with E-state index in [0.717, 1.165) is 25.7 Å². The van der Waals surface area contributed by atoms with Gasteiger partial charge in [-0.15, -0.1) is 0 Å². The van der Waals surface area contributed by atoms with E-state index in [1.165, 1.54) is 0 Å². The normalized spacial score (nSPS) is 12.2. The van der Waals surface area contributed by atoms with Crippen LogP contribution in [0, 0.1) is 5.92 Å². The maximum absolute atomic E-state index is 11.6. The number of ether oxygens (including phenoxy) is 2. The summed E-state index contributed by atoms with van der Waals surface area (Å²) in [6.07, 6.45) is 6.13. The standard InChI is InChI=1S/C17H32O4/c1-5-6-9-12-20-16(18)10-7-8-11-17(19)21-15(4)13-14(2)3/h14-15H,5-13H2,1-4H3. The zero-order chi connectivity index (χ0) is 16.1. The smallest absolute Gasteiger partial charge is 0.306 e. The van der Waals surface area contributed by atoms with Crippen LogP contribution in [0.15, 0.2) is 0 Å². The average molecular weight is 300 g/mol. The number of hydrogen-bond donors (Lipinski definition) is 0. The molecule has 0 aliphatic carbocycles. The van der Waals surface area contributed by atoms with E-state index in [2.05, 4.69) is 20.8 Å². The molecule has 0 amide bonds. The Kier molecular flexibility index (Phi) is 12.0. The SMILES string of the molecule is CCCCCOC(=O)CCCCC(=O)OC(C)CC(C)C. The lowest BCUT2D eigenvalue weighted by Gasteiger charge is -2.15. The van der Waals surface area contributed by atoms with Gasteiger partial charge in [0.1, 0.15) is 0 Å². The third-order valence-electron chi connectivity index (χ3n) is 3.16. The highest BCUT2D eigenvalue weighted by Crippen LogP contribution is 2.10. The molecule has 0 spiro atoms. The lowest BCUT2D eigenvalue weighted by Crippen LogP contribution is -2.16. The van der Waals surface area contributed by atoms with Crippen LogP contribution < -0.4 is 0 Å². The molecule has 0 radical (unpaired) electrons. The number of carbonyl (C=O) groups is 2. The number of esters is 2. The first-order valence-corrected chi connectivity index (χ1v) is 8.30. The Hall–Kier alpha value is -1.06. The van der Waals surface area contributed by atoms with Crippen LogP contribution in [0.3, 0.4) is 0 Å². The van der Waals surface area contributed by atoms with Crippen LogP contribution in [0.4, 0.5) is 0 Å². The molecule has 0 rings (SSSR count). The minimum Gasteiger partial charge on any atom is -0.466 e. The van der Waals surface area contributed by atoms with Crippen LogP contribution in [-0.2, 0) is 19.1 Å². The third-order valence-corrected chi connectivity index (χ3v) is 3.16. The fraction of sp³-hybridized carbons (Fsp3) is 0.882. The minimum atomic E-state index is -0.167. The summed E-state index contributed by atoms with van der Waals surface area (Å²) in [5, 5.41) is 0. The Labute approximate surface area is 129 Å². The van der Waals surface area contributed by atoms with Gasteiger partial charge in [-0.25, -0.2) is 0 Å². The molecule has 4 heteroatoms. The van der Waals surface area contributed by atoms with E-state index < -0.39 is 0 Å². The second kappa shape index (κ2) is 12.7. The Morgan fingerprint density at radius 3 is 2.10 bits per heavy atom. The third kappa shape index (κ3) is 13.7. The van der Waals surface area contributed by atoms with Crippen LogP contribution in [0.5, 0.6) is 0 Å². The number of unbranched alkanes of at least 4 members (excludes halogenated alkanes) is 3. The van der Waals surface area contributed by atoms with Gasteiger partial charge in [-0.05, 0) is 38.5 Å². The second-order valence-corrected chi connectivity index (χ2v) is 6.06. The van der Waals surface area contributed by atoms with E-state index >= 15 is 0 Å². The van der Waals surface area contributed by atoms with Crippen LogP contribution >= 0.6 is 0 Å². The summed E-state index contributed by atoms with van der Waals surface area (Å²) < 4.78 is 10.4. The molecule has 0 aromatic rings.